The third-order valence-electron chi connectivity index (χ3n) is 12.9. The molecule has 0 saturated heterocycles. The maximum Gasteiger partial charge on any atom is 0.135 e. The van der Waals surface area contributed by atoms with E-state index in [0.717, 1.165) is 50.5 Å². The molecule has 2 heteroatoms. The van der Waals surface area contributed by atoms with E-state index in [1.54, 1.807) is 0 Å². The number of rotatable bonds is 9. The fraction of sp³-hybridized carbons (Fsp3) is 0. The van der Waals surface area contributed by atoms with Crippen LogP contribution < -0.4 is 4.90 Å². The molecule has 310 valence electrons. The molecule has 0 radical (unpaired) electrons. The highest BCUT2D eigenvalue weighted by atomic mass is 16.3. The van der Waals surface area contributed by atoms with Gasteiger partial charge in [0, 0.05) is 28.0 Å². The molecule has 0 saturated carbocycles. The Labute approximate surface area is 384 Å². The van der Waals surface area contributed by atoms with Gasteiger partial charge in [-0.3, -0.25) is 0 Å². The second-order valence-electron chi connectivity index (χ2n) is 16.9. The highest BCUT2D eigenvalue weighted by Crippen LogP contribution is 2.40. The van der Waals surface area contributed by atoms with Crippen LogP contribution in [-0.2, 0) is 0 Å². The predicted octanol–water partition coefficient (Wildman–Crippen LogP) is 18.2. The Balaban J connectivity index is 0.875. The zero-order valence-electron chi connectivity index (χ0n) is 36.2. The number of para-hydroxylation sites is 1. The van der Waals surface area contributed by atoms with Crippen LogP contribution in [0.5, 0.6) is 0 Å². The largest absolute Gasteiger partial charge is 0.456 e. The summed E-state index contributed by atoms with van der Waals surface area (Å²) < 4.78 is 6.24. The summed E-state index contributed by atoms with van der Waals surface area (Å²) in [6.45, 7) is 0. The second kappa shape index (κ2) is 16.8. The molecule has 0 N–H and O–H groups in total. The predicted molar refractivity (Wildman–Crippen MR) is 279 cm³/mol. The zero-order valence-corrected chi connectivity index (χ0v) is 36.2. The van der Waals surface area contributed by atoms with Gasteiger partial charge in [0.1, 0.15) is 11.3 Å². The molecule has 66 heavy (non-hydrogen) atoms. The van der Waals surface area contributed by atoms with Gasteiger partial charge in [-0.15, -0.1) is 0 Å². The molecule has 12 rings (SSSR count). The normalized spacial score (nSPS) is 11.3. The van der Waals surface area contributed by atoms with E-state index >= 15 is 0 Å². The van der Waals surface area contributed by atoms with Gasteiger partial charge in [-0.25, -0.2) is 0 Å². The lowest BCUT2D eigenvalue weighted by molar-refractivity contribution is 0.631. The molecular weight excluding hydrogens is 799 g/mol. The molecule has 1 heterocycles. The molecule has 0 amide bonds. The Morgan fingerprint density at radius 1 is 0.242 bits per heavy atom. The molecule has 2 nitrogen and oxygen atoms in total. The Bertz CT molecular complexity index is 3630. The molecule has 0 spiro atoms. The highest BCUT2D eigenvalue weighted by molar-refractivity contribution is 5.98. The third kappa shape index (κ3) is 7.41. The van der Waals surface area contributed by atoms with Crippen molar-refractivity contribution in [3.8, 4) is 67.0 Å². The standard InChI is InChI=1S/C64H43NO/c1-4-20-59-48(11-1)14-9-22-61(59)50-27-25-44(26-28-50)45-29-35-56(36-30-45)65(58-39-33-47(34-40-58)52-17-8-19-54(42-52)64-43-55-13-3-6-24-63(55)66-64)57-37-31-46(32-38-57)51-16-7-18-53(41-51)62-23-10-15-49-12-2-5-21-60(49)62/h1-43H. The lowest BCUT2D eigenvalue weighted by Gasteiger charge is -2.26. The van der Waals surface area contributed by atoms with E-state index in [4.69, 9.17) is 4.42 Å². The van der Waals surface area contributed by atoms with Crippen LogP contribution in [0.2, 0.25) is 0 Å². The van der Waals surface area contributed by atoms with E-state index in [-0.39, 0.29) is 0 Å². The maximum atomic E-state index is 6.24. The fourth-order valence-corrected chi connectivity index (χ4v) is 9.50. The first kappa shape index (κ1) is 38.9. The van der Waals surface area contributed by atoms with Crippen LogP contribution in [0.4, 0.5) is 17.1 Å². The summed E-state index contributed by atoms with van der Waals surface area (Å²) in [5, 5.41) is 6.13. The van der Waals surface area contributed by atoms with Crippen molar-refractivity contribution in [1.29, 1.82) is 0 Å². The Morgan fingerprint density at radius 2 is 0.621 bits per heavy atom. The molecule has 0 atom stereocenters. The van der Waals surface area contributed by atoms with Crippen LogP contribution in [0.1, 0.15) is 0 Å². The Kier molecular flexibility index (Phi) is 9.89. The van der Waals surface area contributed by atoms with Gasteiger partial charge < -0.3 is 9.32 Å². The minimum absolute atomic E-state index is 0.869. The summed E-state index contributed by atoms with van der Waals surface area (Å²) in [6.07, 6.45) is 0. The fourth-order valence-electron chi connectivity index (χ4n) is 9.50. The summed E-state index contributed by atoms with van der Waals surface area (Å²) in [6, 6.07) is 93.8. The average Bonchev–Trinajstić information content (AvgIpc) is 3.84. The molecule has 0 aliphatic rings. The van der Waals surface area contributed by atoms with Crippen molar-refractivity contribution < 1.29 is 4.42 Å². The monoisotopic (exact) mass is 841 g/mol. The number of nitrogens with zero attached hydrogens (tertiary/aromatic N) is 1. The SMILES string of the molecule is c1cc(-c2ccc(N(c3ccc(-c4ccc(-c5cccc6ccccc56)cc4)cc3)c3ccc(-c4cccc(-c5cccc6ccccc56)c4)cc3)cc2)cc(-c2cc3ccccc3o2)c1. The van der Waals surface area contributed by atoms with Crippen LogP contribution in [0.15, 0.2) is 265 Å². The molecule has 0 fully saturated rings. The van der Waals surface area contributed by atoms with Gasteiger partial charge in [-0.2, -0.15) is 0 Å². The molecular formula is C64H43NO. The van der Waals surface area contributed by atoms with E-state index in [1.165, 1.54) is 66.1 Å². The minimum Gasteiger partial charge on any atom is -0.456 e. The van der Waals surface area contributed by atoms with Crippen LogP contribution >= 0.6 is 0 Å². The van der Waals surface area contributed by atoms with E-state index in [2.05, 4.69) is 248 Å². The van der Waals surface area contributed by atoms with E-state index < -0.39 is 0 Å². The van der Waals surface area contributed by atoms with Crippen molar-refractivity contribution in [3.05, 3.63) is 261 Å². The van der Waals surface area contributed by atoms with Gasteiger partial charge in [-0.05, 0) is 138 Å². The lowest BCUT2D eigenvalue weighted by Crippen LogP contribution is -2.09. The number of anilines is 3. The van der Waals surface area contributed by atoms with Gasteiger partial charge >= 0.3 is 0 Å². The first-order chi connectivity index (χ1) is 32.7. The number of furan rings is 1. The number of hydrogen-bond acceptors (Lipinski definition) is 2. The topological polar surface area (TPSA) is 16.4 Å². The van der Waals surface area contributed by atoms with Gasteiger partial charge in [0.15, 0.2) is 0 Å². The van der Waals surface area contributed by atoms with Gasteiger partial charge in [0.05, 0.1) is 0 Å². The maximum absolute atomic E-state index is 6.24. The number of hydrogen-bond donors (Lipinski definition) is 0. The number of fused-ring (bicyclic) bond motifs is 3. The van der Waals surface area contributed by atoms with Gasteiger partial charge in [-0.1, -0.05) is 200 Å². The Morgan fingerprint density at radius 3 is 1.17 bits per heavy atom. The lowest BCUT2D eigenvalue weighted by atomic mass is 9.95. The molecule has 12 aromatic rings. The molecule has 0 aliphatic heterocycles. The smallest absolute Gasteiger partial charge is 0.135 e. The van der Waals surface area contributed by atoms with Crippen molar-refractivity contribution in [2.24, 2.45) is 0 Å². The van der Waals surface area contributed by atoms with Crippen molar-refractivity contribution in [2.45, 2.75) is 0 Å². The van der Waals surface area contributed by atoms with Crippen LogP contribution in [0.25, 0.3) is 99.5 Å². The molecule has 0 bridgehead atoms. The summed E-state index contributed by atoms with van der Waals surface area (Å²) >= 11 is 0. The van der Waals surface area contributed by atoms with Crippen molar-refractivity contribution in [1.82, 2.24) is 0 Å². The summed E-state index contributed by atoms with van der Waals surface area (Å²) in [5.41, 5.74) is 17.1. The molecule has 1 aromatic heterocycles. The molecule has 11 aromatic carbocycles. The van der Waals surface area contributed by atoms with Crippen molar-refractivity contribution in [3.63, 3.8) is 0 Å². The minimum atomic E-state index is 0.869. The Hall–Kier alpha value is -8.72. The summed E-state index contributed by atoms with van der Waals surface area (Å²) in [4.78, 5) is 2.35. The van der Waals surface area contributed by atoms with E-state index in [9.17, 15) is 0 Å². The molecule has 0 aliphatic carbocycles. The first-order valence-corrected chi connectivity index (χ1v) is 22.6. The van der Waals surface area contributed by atoms with Crippen LogP contribution in [0, 0.1) is 0 Å². The third-order valence-corrected chi connectivity index (χ3v) is 12.9. The number of benzene rings is 11. The van der Waals surface area contributed by atoms with Crippen molar-refractivity contribution in [2.75, 3.05) is 4.90 Å². The van der Waals surface area contributed by atoms with E-state index in [1.807, 2.05) is 18.2 Å². The average molecular weight is 842 g/mol. The molecule has 0 unspecified atom stereocenters. The van der Waals surface area contributed by atoms with E-state index in [0.29, 0.717) is 0 Å². The second-order valence-corrected chi connectivity index (χ2v) is 16.9. The zero-order chi connectivity index (χ0) is 43.8. The van der Waals surface area contributed by atoms with Crippen molar-refractivity contribution >= 4 is 49.6 Å². The van der Waals surface area contributed by atoms with Crippen LogP contribution in [-0.4, -0.2) is 0 Å². The summed E-state index contributed by atoms with van der Waals surface area (Å²) in [5.74, 6) is 0.869. The summed E-state index contributed by atoms with van der Waals surface area (Å²) in [7, 11) is 0. The highest BCUT2D eigenvalue weighted by Gasteiger charge is 2.16. The van der Waals surface area contributed by atoms with Crippen LogP contribution in [0.3, 0.4) is 0 Å². The van der Waals surface area contributed by atoms with Gasteiger partial charge in [0.2, 0.25) is 0 Å². The van der Waals surface area contributed by atoms with Gasteiger partial charge in [0.25, 0.3) is 0 Å². The first-order valence-electron chi connectivity index (χ1n) is 22.6. The quantitative estimate of drug-likeness (QED) is 0.144.